The zero-order valence-electron chi connectivity index (χ0n) is 12.9. The first-order valence-corrected chi connectivity index (χ1v) is 8.01. The highest BCUT2D eigenvalue weighted by atomic mass is 16.5. The van der Waals surface area contributed by atoms with Crippen LogP contribution in [0.3, 0.4) is 0 Å². The van der Waals surface area contributed by atoms with Crippen LogP contribution in [-0.4, -0.2) is 12.6 Å². The molecule has 0 spiro atoms. The second-order valence-corrected chi connectivity index (χ2v) is 5.31. The first-order valence-electron chi connectivity index (χ1n) is 8.01. The number of unbranched alkanes of at least 4 members (excludes halogenated alkanes) is 5. The molecule has 0 aliphatic rings. The quantitative estimate of drug-likeness (QED) is 0.440. The van der Waals surface area contributed by atoms with E-state index in [0.717, 1.165) is 24.8 Å². The average molecular weight is 276 g/mol. The lowest BCUT2D eigenvalue weighted by Crippen LogP contribution is -2.16. The summed E-state index contributed by atoms with van der Waals surface area (Å²) in [6.07, 6.45) is 8.07. The number of ether oxygens (including phenoxy) is 1. The highest BCUT2D eigenvalue weighted by molar-refractivity contribution is 5.78. The molecule has 0 aliphatic heterocycles. The summed E-state index contributed by atoms with van der Waals surface area (Å²) < 4.78 is 5.42. The van der Waals surface area contributed by atoms with Crippen molar-refractivity contribution in [2.45, 2.75) is 64.7 Å². The maximum Gasteiger partial charge on any atom is 0.313 e. The third-order valence-corrected chi connectivity index (χ3v) is 3.64. The van der Waals surface area contributed by atoms with Gasteiger partial charge in [0.1, 0.15) is 0 Å². The maximum atomic E-state index is 12.1. The van der Waals surface area contributed by atoms with Gasteiger partial charge in [0.25, 0.3) is 0 Å². The molecule has 1 rings (SSSR count). The van der Waals surface area contributed by atoms with Crippen LogP contribution in [0.15, 0.2) is 30.3 Å². The van der Waals surface area contributed by atoms with Crippen LogP contribution in [0.4, 0.5) is 0 Å². The summed E-state index contributed by atoms with van der Waals surface area (Å²) in [6.45, 7) is 4.81. The lowest BCUT2D eigenvalue weighted by molar-refractivity contribution is -0.145. The van der Waals surface area contributed by atoms with E-state index in [1.54, 1.807) is 0 Å². The third kappa shape index (κ3) is 6.23. The Balaban J connectivity index is 2.24. The van der Waals surface area contributed by atoms with Crippen LogP contribution in [0.2, 0.25) is 0 Å². The van der Waals surface area contributed by atoms with Crippen LogP contribution < -0.4 is 0 Å². The number of carbonyl (C=O) groups excluding carboxylic acids is 1. The molecule has 0 aromatic heterocycles. The van der Waals surface area contributed by atoms with Crippen LogP contribution in [-0.2, 0) is 9.53 Å². The number of rotatable bonds is 10. The number of hydrogen-bond donors (Lipinski definition) is 0. The molecule has 0 N–H and O–H groups in total. The van der Waals surface area contributed by atoms with Crippen molar-refractivity contribution in [2.24, 2.45) is 0 Å². The lowest BCUT2D eigenvalue weighted by atomic mass is 9.97. The van der Waals surface area contributed by atoms with Gasteiger partial charge in [-0.25, -0.2) is 0 Å². The summed E-state index contributed by atoms with van der Waals surface area (Å²) in [5.41, 5.74) is 1.06. The molecule has 1 aromatic rings. The fraction of sp³-hybridized carbons (Fsp3) is 0.611. The topological polar surface area (TPSA) is 26.3 Å². The van der Waals surface area contributed by atoms with Crippen molar-refractivity contribution in [2.75, 3.05) is 6.61 Å². The zero-order chi connectivity index (χ0) is 14.6. The van der Waals surface area contributed by atoms with Crippen molar-refractivity contribution in [3.63, 3.8) is 0 Å². The molecule has 112 valence electrons. The Bertz CT molecular complexity index is 359. The molecular weight excluding hydrogens is 248 g/mol. The van der Waals surface area contributed by atoms with E-state index >= 15 is 0 Å². The molecule has 1 aromatic carbocycles. The Morgan fingerprint density at radius 3 is 2.30 bits per heavy atom. The summed E-state index contributed by atoms with van der Waals surface area (Å²) >= 11 is 0. The van der Waals surface area contributed by atoms with Crippen LogP contribution >= 0.6 is 0 Å². The molecule has 0 saturated carbocycles. The fourth-order valence-electron chi connectivity index (χ4n) is 2.38. The maximum absolute atomic E-state index is 12.1. The second kappa shape index (κ2) is 10.5. The SMILES string of the molecule is CCCCCCCCOC(=O)C(CC)c1ccccc1. The Morgan fingerprint density at radius 1 is 1.00 bits per heavy atom. The van der Waals surface area contributed by atoms with E-state index in [-0.39, 0.29) is 11.9 Å². The monoisotopic (exact) mass is 276 g/mol. The van der Waals surface area contributed by atoms with E-state index in [2.05, 4.69) is 6.92 Å². The largest absolute Gasteiger partial charge is 0.465 e. The van der Waals surface area contributed by atoms with E-state index in [9.17, 15) is 4.79 Å². The molecule has 20 heavy (non-hydrogen) atoms. The summed E-state index contributed by atoms with van der Waals surface area (Å²) in [5, 5.41) is 0. The summed E-state index contributed by atoms with van der Waals surface area (Å²) in [5.74, 6) is -0.191. The number of esters is 1. The molecule has 0 amide bonds. The Kier molecular flexibility index (Phi) is 8.77. The van der Waals surface area contributed by atoms with Gasteiger partial charge in [0.05, 0.1) is 12.5 Å². The van der Waals surface area contributed by atoms with Gasteiger partial charge in [-0.15, -0.1) is 0 Å². The van der Waals surface area contributed by atoms with Gasteiger partial charge < -0.3 is 4.74 Å². The van der Waals surface area contributed by atoms with E-state index < -0.39 is 0 Å². The fourth-order valence-corrected chi connectivity index (χ4v) is 2.38. The van der Waals surface area contributed by atoms with Crippen molar-refractivity contribution in [3.05, 3.63) is 35.9 Å². The van der Waals surface area contributed by atoms with E-state index in [1.165, 1.54) is 25.7 Å². The summed E-state index contributed by atoms with van der Waals surface area (Å²) in [4.78, 5) is 12.1. The van der Waals surface area contributed by atoms with Gasteiger partial charge in [-0.2, -0.15) is 0 Å². The van der Waals surface area contributed by atoms with Gasteiger partial charge in [0.15, 0.2) is 0 Å². The average Bonchev–Trinajstić information content (AvgIpc) is 2.48. The van der Waals surface area contributed by atoms with Crippen molar-refractivity contribution >= 4 is 5.97 Å². The minimum absolute atomic E-state index is 0.0766. The van der Waals surface area contributed by atoms with Crippen LogP contribution in [0.1, 0.15) is 70.3 Å². The first kappa shape index (κ1) is 16.7. The molecule has 2 heteroatoms. The van der Waals surface area contributed by atoms with Gasteiger partial charge in [-0.1, -0.05) is 76.3 Å². The normalized spacial score (nSPS) is 12.1. The van der Waals surface area contributed by atoms with E-state index in [0.29, 0.717) is 6.61 Å². The van der Waals surface area contributed by atoms with Gasteiger partial charge in [-0.05, 0) is 18.4 Å². The number of carbonyl (C=O) groups is 1. The zero-order valence-corrected chi connectivity index (χ0v) is 12.9. The molecule has 0 fully saturated rings. The Hall–Kier alpha value is -1.31. The van der Waals surface area contributed by atoms with Gasteiger partial charge >= 0.3 is 5.97 Å². The minimum Gasteiger partial charge on any atom is -0.465 e. The first-order chi connectivity index (χ1) is 9.79. The molecule has 1 unspecified atom stereocenters. The Morgan fingerprint density at radius 2 is 1.65 bits per heavy atom. The third-order valence-electron chi connectivity index (χ3n) is 3.64. The van der Waals surface area contributed by atoms with Crippen molar-refractivity contribution in [3.8, 4) is 0 Å². The van der Waals surface area contributed by atoms with Crippen LogP contribution in [0.5, 0.6) is 0 Å². The highest BCUT2D eigenvalue weighted by Gasteiger charge is 2.19. The van der Waals surface area contributed by atoms with Gasteiger partial charge in [0, 0.05) is 0 Å². The van der Waals surface area contributed by atoms with Gasteiger partial charge in [0.2, 0.25) is 0 Å². The Labute approximate surface area is 123 Å². The molecule has 0 heterocycles. The molecular formula is C18H28O2. The molecule has 0 aliphatic carbocycles. The highest BCUT2D eigenvalue weighted by Crippen LogP contribution is 2.20. The van der Waals surface area contributed by atoms with Crippen LogP contribution in [0.25, 0.3) is 0 Å². The molecule has 0 bridgehead atoms. The van der Waals surface area contributed by atoms with Crippen molar-refractivity contribution < 1.29 is 9.53 Å². The predicted molar refractivity (Wildman–Crippen MR) is 83.8 cm³/mol. The summed E-state index contributed by atoms with van der Waals surface area (Å²) in [6, 6.07) is 9.91. The molecule has 0 saturated heterocycles. The second-order valence-electron chi connectivity index (χ2n) is 5.31. The standard InChI is InChI=1S/C18H28O2/c1-3-5-6-7-8-12-15-20-18(19)17(4-2)16-13-10-9-11-14-16/h9-11,13-14,17H,3-8,12,15H2,1-2H3. The van der Waals surface area contributed by atoms with Crippen molar-refractivity contribution in [1.29, 1.82) is 0 Å². The van der Waals surface area contributed by atoms with Crippen LogP contribution in [0, 0.1) is 0 Å². The van der Waals surface area contributed by atoms with Crippen molar-refractivity contribution in [1.82, 2.24) is 0 Å². The van der Waals surface area contributed by atoms with E-state index in [1.807, 2.05) is 37.3 Å². The number of benzene rings is 1. The lowest BCUT2D eigenvalue weighted by Gasteiger charge is -2.14. The molecule has 1 atom stereocenters. The van der Waals surface area contributed by atoms with Gasteiger partial charge in [-0.3, -0.25) is 4.79 Å². The summed E-state index contributed by atoms with van der Waals surface area (Å²) in [7, 11) is 0. The molecule has 0 radical (unpaired) electrons. The smallest absolute Gasteiger partial charge is 0.313 e. The minimum atomic E-state index is -0.115. The predicted octanol–water partition coefficient (Wildman–Crippen LogP) is 5.08. The van der Waals surface area contributed by atoms with E-state index in [4.69, 9.17) is 4.74 Å². The molecule has 2 nitrogen and oxygen atoms in total. The number of hydrogen-bond acceptors (Lipinski definition) is 2.